The van der Waals surface area contributed by atoms with Gasteiger partial charge in [-0.2, -0.15) is 0 Å². The van der Waals surface area contributed by atoms with Gasteiger partial charge in [0.2, 0.25) is 5.91 Å². The fraction of sp³-hybridized carbons (Fsp3) is 0.385. The minimum Gasteiger partial charge on any atom is -0.399 e. The first kappa shape index (κ1) is 14.9. The lowest BCUT2D eigenvalue weighted by atomic mass is 10.2. The van der Waals surface area contributed by atoms with E-state index < -0.39 is 5.91 Å². The standard InChI is InChI=1S/C13H15Cl2N3O2/c14-10-6-7(16)5-9(12(10)15)13(20)17-4-3-11(19)18-8-1-2-8/h5-6,8H,1-4,16H2,(H,17,20)(H,18,19). The smallest absolute Gasteiger partial charge is 0.252 e. The first-order chi connectivity index (χ1) is 9.47. The lowest BCUT2D eigenvalue weighted by molar-refractivity contribution is -0.121. The Morgan fingerprint density at radius 1 is 1.30 bits per heavy atom. The van der Waals surface area contributed by atoms with E-state index in [2.05, 4.69) is 10.6 Å². The van der Waals surface area contributed by atoms with E-state index in [4.69, 9.17) is 28.9 Å². The molecule has 2 rings (SSSR count). The molecule has 5 nitrogen and oxygen atoms in total. The lowest BCUT2D eigenvalue weighted by Gasteiger charge is -2.09. The number of hydrogen-bond donors (Lipinski definition) is 3. The zero-order valence-corrected chi connectivity index (χ0v) is 12.2. The van der Waals surface area contributed by atoms with Crippen molar-refractivity contribution in [1.82, 2.24) is 10.6 Å². The van der Waals surface area contributed by atoms with Crippen LogP contribution in [0.1, 0.15) is 29.6 Å². The first-order valence-corrected chi connectivity index (χ1v) is 7.05. The lowest BCUT2D eigenvalue weighted by Crippen LogP contribution is -2.31. The van der Waals surface area contributed by atoms with Gasteiger partial charge in [0.25, 0.3) is 5.91 Å². The Hall–Kier alpha value is -1.46. The number of carbonyl (C=O) groups excluding carboxylic acids is 2. The van der Waals surface area contributed by atoms with Crippen LogP contribution in [0.25, 0.3) is 0 Å². The van der Waals surface area contributed by atoms with Crippen molar-refractivity contribution in [1.29, 1.82) is 0 Å². The summed E-state index contributed by atoms with van der Waals surface area (Å²) in [5.74, 6) is -0.465. The normalized spacial score (nSPS) is 13.9. The highest BCUT2D eigenvalue weighted by molar-refractivity contribution is 6.44. The number of nitrogens with one attached hydrogen (secondary N) is 2. The molecule has 1 aliphatic rings. The van der Waals surface area contributed by atoms with Gasteiger partial charge in [-0.05, 0) is 25.0 Å². The summed E-state index contributed by atoms with van der Waals surface area (Å²) in [7, 11) is 0. The molecule has 0 bridgehead atoms. The van der Waals surface area contributed by atoms with Crippen LogP contribution in [0, 0.1) is 0 Å². The van der Waals surface area contributed by atoms with E-state index in [0.29, 0.717) is 11.7 Å². The predicted octanol–water partition coefficient (Wildman–Crippen LogP) is 1.97. The molecule has 0 aromatic heterocycles. The van der Waals surface area contributed by atoms with Gasteiger partial charge in [0.1, 0.15) is 0 Å². The molecule has 1 saturated carbocycles. The fourth-order valence-corrected chi connectivity index (χ4v) is 2.11. The van der Waals surface area contributed by atoms with Crippen molar-refractivity contribution in [3.63, 3.8) is 0 Å². The van der Waals surface area contributed by atoms with Gasteiger partial charge in [0.15, 0.2) is 0 Å². The maximum Gasteiger partial charge on any atom is 0.252 e. The van der Waals surface area contributed by atoms with Crippen LogP contribution in [-0.4, -0.2) is 24.4 Å². The average Bonchev–Trinajstić information content (AvgIpc) is 3.17. The number of amides is 2. The molecule has 0 heterocycles. The van der Waals surface area contributed by atoms with Crippen LogP contribution in [0.4, 0.5) is 5.69 Å². The van der Waals surface area contributed by atoms with Crippen molar-refractivity contribution in [3.05, 3.63) is 27.7 Å². The second kappa shape index (κ2) is 6.33. The van der Waals surface area contributed by atoms with E-state index in [0.717, 1.165) is 12.8 Å². The molecule has 108 valence electrons. The topological polar surface area (TPSA) is 84.2 Å². The molecular formula is C13H15Cl2N3O2. The van der Waals surface area contributed by atoms with Crippen LogP contribution in [0.3, 0.4) is 0 Å². The number of carbonyl (C=O) groups is 2. The summed E-state index contributed by atoms with van der Waals surface area (Å²) < 4.78 is 0. The summed E-state index contributed by atoms with van der Waals surface area (Å²) >= 11 is 11.8. The van der Waals surface area contributed by atoms with Gasteiger partial charge in [-0.15, -0.1) is 0 Å². The van der Waals surface area contributed by atoms with Gasteiger partial charge in [0.05, 0.1) is 15.6 Å². The summed E-state index contributed by atoms with van der Waals surface area (Å²) in [4.78, 5) is 23.4. The van der Waals surface area contributed by atoms with E-state index in [1.54, 1.807) is 0 Å². The molecule has 1 aliphatic carbocycles. The van der Waals surface area contributed by atoms with Gasteiger partial charge < -0.3 is 16.4 Å². The minimum atomic E-state index is -0.400. The van der Waals surface area contributed by atoms with E-state index in [1.165, 1.54) is 12.1 Å². The molecule has 0 spiro atoms. The highest BCUT2D eigenvalue weighted by Crippen LogP contribution is 2.28. The second-order valence-electron chi connectivity index (χ2n) is 4.71. The third kappa shape index (κ3) is 4.02. The first-order valence-electron chi connectivity index (χ1n) is 6.29. The summed E-state index contributed by atoms with van der Waals surface area (Å²) in [6.07, 6.45) is 2.31. The van der Waals surface area contributed by atoms with Crippen molar-refractivity contribution < 1.29 is 9.59 Å². The van der Waals surface area contributed by atoms with E-state index >= 15 is 0 Å². The van der Waals surface area contributed by atoms with Crippen molar-refractivity contribution in [2.75, 3.05) is 12.3 Å². The molecule has 0 unspecified atom stereocenters. The third-order valence-electron chi connectivity index (χ3n) is 2.88. The second-order valence-corrected chi connectivity index (χ2v) is 5.50. The van der Waals surface area contributed by atoms with Crippen molar-refractivity contribution in [2.24, 2.45) is 0 Å². The molecule has 0 radical (unpaired) electrons. The Balaban J connectivity index is 1.86. The largest absolute Gasteiger partial charge is 0.399 e. The quantitative estimate of drug-likeness (QED) is 0.726. The van der Waals surface area contributed by atoms with Crippen LogP contribution in [-0.2, 0) is 4.79 Å². The van der Waals surface area contributed by atoms with Crippen molar-refractivity contribution in [2.45, 2.75) is 25.3 Å². The van der Waals surface area contributed by atoms with E-state index in [-0.39, 0.29) is 34.5 Å². The van der Waals surface area contributed by atoms with Crippen LogP contribution < -0.4 is 16.4 Å². The molecule has 2 amide bonds. The Morgan fingerprint density at radius 3 is 2.65 bits per heavy atom. The molecule has 1 fully saturated rings. The maximum atomic E-state index is 11.9. The van der Waals surface area contributed by atoms with Gasteiger partial charge in [-0.25, -0.2) is 0 Å². The number of anilines is 1. The summed E-state index contributed by atoms with van der Waals surface area (Å²) in [6, 6.07) is 3.25. The van der Waals surface area contributed by atoms with E-state index in [1.807, 2.05) is 0 Å². The Kier molecular flexibility index (Phi) is 4.73. The number of benzene rings is 1. The van der Waals surface area contributed by atoms with Crippen LogP contribution >= 0.6 is 23.2 Å². The van der Waals surface area contributed by atoms with Gasteiger partial charge >= 0.3 is 0 Å². The Bertz CT molecular complexity index is 545. The molecule has 20 heavy (non-hydrogen) atoms. The summed E-state index contributed by atoms with van der Waals surface area (Å²) in [5.41, 5.74) is 6.18. The molecule has 0 saturated heterocycles. The summed E-state index contributed by atoms with van der Waals surface area (Å²) in [5, 5.41) is 5.84. The zero-order chi connectivity index (χ0) is 14.7. The SMILES string of the molecule is Nc1cc(Cl)c(Cl)c(C(=O)NCCC(=O)NC2CC2)c1. The molecule has 0 aliphatic heterocycles. The maximum absolute atomic E-state index is 11.9. The van der Waals surface area contributed by atoms with Crippen LogP contribution in [0.15, 0.2) is 12.1 Å². The average molecular weight is 316 g/mol. The number of halogens is 2. The predicted molar refractivity (Wildman–Crippen MR) is 79.0 cm³/mol. The van der Waals surface area contributed by atoms with Crippen molar-refractivity contribution >= 4 is 40.7 Å². The molecule has 0 atom stereocenters. The number of nitrogens with two attached hydrogens (primary N) is 1. The fourth-order valence-electron chi connectivity index (χ4n) is 1.69. The van der Waals surface area contributed by atoms with E-state index in [9.17, 15) is 9.59 Å². The molecule has 4 N–H and O–H groups in total. The van der Waals surface area contributed by atoms with Crippen molar-refractivity contribution in [3.8, 4) is 0 Å². The van der Waals surface area contributed by atoms with Crippen LogP contribution in [0.5, 0.6) is 0 Å². The Morgan fingerprint density at radius 2 is 2.00 bits per heavy atom. The Labute approximate surface area is 126 Å². The van der Waals surface area contributed by atoms with Gasteiger partial charge in [0, 0.05) is 24.7 Å². The minimum absolute atomic E-state index is 0.0653. The number of hydrogen-bond acceptors (Lipinski definition) is 3. The molecule has 1 aromatic carbocycles. The summed E-state index contributed by atoms with van der Waals surface area (Å²) in [6.45, 7) is 0.236. The highest BCUT2D eigenvalue weighted by atomic mass is 35.5. The number of rotatable bonds is 5. The number of nitrogen functional groups attached to an aromatic ring is 1. The monoisotopic (exact) mass is 315 g/mol. The molecule has 7 heteroatoms. The molecular weight excluding hydrogens is 301 g/mol. The highest BCUT2D eigenvalue weighted by Gasteiger charge is 2.23. The molecule has 1 aromatic rings. The van der Waals surface area contributed by atoms with Gasteiger partial charge in [-0.1, -0.05) is 23.2 Å². The third-order valence-corrected chi connectivity index (χ3v) is 3.68. The zero-order valence-electron chi connectivity index (χ0n) is 10.7. The van der Waals surface area contributed by atoms with Crippen LogP contribution in [0.2, 0.25) is 10.0 Å². The van der Waals surface area contributed by atoms with Gasteiger partial charge in [-0.3, -0.25) is 9.59 Å².